The van der Waals surface area contributed by atoms with Gasteiger partial charge in [0, 0.05) is 26.1 Å². The van der Waals surface area contributed by atoms with Crippen molar-refractivity contribution >= 4 is 11.8 Å². The zero-order valence-electron chi connectivity index (χ0n) is 13.4. The van der Waals surface area contributed by atoms with Crippen LogP contribution in [-0.2, 0) is 14.3 Å². The first-order valence-corrected chi connectivity index (χ1v) is 8.47. The Kier molecular flexibility index (Phi) is 5.28. The van der Waals surface area contributed by atoms with Gasteiger partial charge in [-0.2, -0.15) is 0 Å². The van der Waals surface area contributed by atoms with E-state index in [1.165, 1.54) is 0 Å². The number of nitrogens with zero attached hydrogens (tertiary/aromatic N) is 1. The molecule has 2 atom stereocenters. The molecular weight excluding hydrogens is 292 g/mol. The summed E-state index contributed by atoms with van der Waals surface area (Å²) >= 11 is 0. The lowest BCUT2D eigenvalue weighted by molar-refractivity contribution is -0.134. The number of rotatable bonds is 4. The Morgan fingerprint density at radius 2 is 2.13 bits per heavy atom. The SMILES string of the molecule is O=C1C[C@H](c2ccccc2)N(C(=O)CC[C@H]2CCCO2)CCN1. The van der Waals surface area contributed by atoms with Crippen molar-refractivity contribution in [2.75, 3.05) is 19.7 Å². The topological polar surface area (TPSA) is 58.6 Å². The van der Waals surface area contributed by atoms with Gasteiger partial charge < -0.3 is 15.0 Å². The number of carbonyl (C=O) groups excluding carboxylic acids is 2. The fourth-order valence-electron chi connectivity index (χ4n) is 3.40. The van der Waals surface area contributed by atoms with Crippen molar-refractivity contribution in [1.29, 1.82) is 0 Å². The lowest BCUT2D eigenvalue weighted by atomic mass is 10.0. The first-order valence-electron chi connectivity index (χ1n) is 8.47. The standard InChI is InChI=1S/C18H24N2O3/c21-17-13-16(14-5-2-1-3-6-14)20(11-10-19-17)18(22)9-8-15-7-4-12-23-15/h1-3,5-6,15-16H,4,7-13H2,(H,19,21)/t15-,16-/m1/s1. The quantitative estimate of drug-likeness (QED) is 0.925. The zero-order chi connectivity index (χ0) is 16.1. The molecule has 0 aliphatic carbocycles. The first-order chi connectivity index (χ1) is 11.2. The number of nitrogens with one attached hydrogen (secondary N) is 1. The second-order valence-electron chi connectivity index (χ2n) is 6.24. The van der Waals surface area contributed by atoms with Crippen molar-refractivity contribution in [3.05, 3.63) is 35.9 Å². The van der Waals surface area contributed by atoms with Crippen LogP contribution in [0.5, 0.6) is 0 Å². The Labute approximate surface area is 137 Å². The van der Waals surface area contributed by atoms with Gasteiger partial charge in [-0.3, -0.25) is 9.59 Å². The minimum Gasteiger partial charge on any atom is -0.378 e. The molecule has 0 unspecified atom stereocenters. The van der Waals surface area contributed by atoms with Gasteiger partial charge in [0.25, 0.3) is 0 Å². The van der Waals surface area contributed by atoms with Crippen LogP contribution in [0.25, 0.3) is 0 Å². The van der Waals surface area contributed by atoms with Gasteiger partial charge >= 0.3 is 0 Å². The predicted molar refractivity (Wildman–Crippen MR) is 86.7 cm³/mol. The van der Waals surface area contributed by atoms with E-state index in [2.05, 4.69) is 5.32 Å². The third-order valence-electron chi connectivity index (χ3n) is 4.64. The molecule has 5 nitrogen and oxygen atoms in total. The number of ether oxygens (including phenoxy) is 1. The summed E-state index contributed by atoms with van der Waals surface area (Å²) in [6, 6.07) is 9.66. The van der Waals surface area contributed by atoms with Crippen LogP contribution in [-0.4, -0.2) is 42.5 Å². The Morgan fingerprint density at radius 3 is 2.87 bits per heavy atom. The first kappa shape index (κ1) is 16.0. The molecule has 1 N–H and O–H groups in total. The Morgan fingerprint density at radius 1 is 1.30 bits per heavy atom. The molecule has 0 bridgehead atoms. The largest absolute Gasteiger partial charge is 0.378 e. The number of hydrogen-bond donors (Lipinski definition) is 1. The molecule has 1 aromatic carbocycles. The molecule has 2 heterocycles. The van der Waals surface area contributed by atoms with Crippen LogP contribution >= 0.6 is 0 Å². The maximum absolute atomic E-state index is 12.7. The van der Waals surface area contributed by atoms with E-state index >= 15 is 0 Å². The van der Waals surface area contributed by atoms with Crippen molar-refractivity contribution in [1.82, 2.24) is 10.2 Å². The smallest absolute Gasteiger partial charge is 0.223 e. The van der Waals surface area contributed by atoms with E-state index in [-0.39, 0.29) is 24.0 Å². The van der Waals surface area contributed by atoms with Crippen LogP contribution in [0.2, 0.25) is 0 Å². The molecule has 2 saturated heterocycles. The van der Waals surface area contributed by atoms with Gasteiger partial charge in [0.05, 0.1) is 18.6 Å². The van der Waals surface area contributed by atoms with Gasteiger partial charge in [0.15, 0.2) is 0 Å². The lowest BCUT2D eigenvalue weighted by Crippen LogP contribution is -2.36. The number of carbonyl (C=O) groups is 2. The van der Waals surface area contributed by atoms with Gasteiger partial charge in [0.1, 0.15) is 0 Å². The van der Waals surface area contributed by atoms with Gasteiger partial charge in [-0.25, -0.2) is 0 Å². The van der Waals surface area contributed by atoms with Crippen molar-refractivity contribution < 1.29 is 14.3 Å². The highest BCUT2D eigenvalue weighted by Crippen LogP contribution is 2.27. The molecule has 1 aromatic rings. The molecule has 0 saturated carbocycles. The molecule has 2 aliphatic heterocycles. The van der Waals surface area contributed by atoms with Crippen molar-refractivity contribution in [3.63, 3.8) is 0 Å². The summed E-state index contributed by atoms with van der Waals surface area (Å²) in [6.45, 7) is 1.90. The fraction of sp³-hybridized carbons (Fsp3) is 0.556. The monoisotopic (exact) mass is 316 g/mol. The second kappa shape index (κ2) is 7.59. The van der Waals surface area contributed by atoms with Crippen molar-refractivity contribution in [3.8, 4) is 0 Å². The summed E-state index contributed by atoms with van der Waals surface area (Å²) in [5, 5.41) is 2.87. The highest BCUT2D eigenvalue weighted by Gasteiger charge is 2.30. The molecule has 0 radical (unpaired) electrons. The van der Waals surface area contributed by atoms with Gasteiger partial charge in [-0.15, -0.1) is 0 Å². The van der Waals surface area contributed by atoms with Crippen LogP contribution < -0.4 is 5.32 Å². The van der Waals surface area contributed by atoms with E-state index in [0.717, 1.165) is 31.4 Å². The summed E-state index contributed by atoms with van der Waals surface area (Å²) in [6.07, 6.45) is 3.96. The minimum absolute atomic E-state index is 0.00767. The molecule has 0 aromatic heterocycles. The molecule has 0 spiro atoms. The Bertz CT molecular complexity index is 540. The van der Waals surface area contributed by atoms with E-state index < -0.39 is 0 Å². The predicted octanol–water partition coefficient (Wildman–Crippen LogP) is 2.04. The average Bonchev–Trinajstić information content (AvgIpc) is 3.01. The highest BCUT2D eigenvalue weighted by molar-refractivity contribution is 5.81. The average molecular weight is 316 g/mol. The van der Waals surface area contributed by atoms with E-state index in [1.54, 1.807) is 0 Å². The second-order valence-corrected chi connectivity index (χ2v) is 6.24. The molecule has 124 valence electrons. The maximum Gasteiger partial charge on any atom is 0.223 e. The maximum atomic E-state index is 12.7. The Balaban J connectivity index is 1.70. The van der Waals surface area contributed by atoms with E-state index in [4.69, 9.17) is 4.74 Å². The van der Waals surface area contributed by atoms with Gasteiger partial charge in [-0.05, 0) is 24.8 Å². The third kappa shape index (κ3) is 4.10. The molecule has 2 aliphatic rings. The van der Waals surface area contributed by atoms with Crippen molar-refractivity contribution in [2.24, 2.45) is 0 Å². The molecule has 2 fully saturated rings. The normalized spacial score (nSPS) is 25.0. The minimum atomic E-state index is -0.171. The van der Waals surface area contributed by atoms with Crippen LogP contribution in [0, 0.1) is 0 Å². The third-order valence-corrected chi connectivity index (χ3v) is 4.64. The van der Waals surface area contributed by atoms with Gasteiger partial charge in [-0.1, -0.05) is 30.3 Å². The molecule has 23 heavy (non-hydrogen) atoms. The summed E-state index contributed by atoms with van der Waals surface area (Å²) in [4.78, 5) is 26.5. The van der Waals surface area contributed by atoms with E-state index in [0.29, 0.717) is 25.9 Å². The lowest BCUT2D eigenvalue weighted by Gasteiger charge is -2.30. The number of benzene rings is 1. The Hall–Kier alpha value is -1.88. The van der Waals surface area contributed by atoms with Crippen LogP contribution in [0.15, 0.2) is 30.3 Å². The van der Waals surface area contributed by atoms with Crippen LogP contribution in [0.3, 0.4) is 0 Å². The number of amides is 2. The number of hydrogen-bond acceptors (Lipinski definition) is 3. The highest BCUT2D eigenvalue weighted by atomic mass is 16.5. The summed E-state index contributed by atoms with van der Waals surface area (Å²) in [5.74, 6) is 0.124. The fourth-order valence-corrected chi connectivity index (χ4v) is 3.40. The van der Waals surface area contributed by atoms with Crippen molar-refractivity contribution in [2.45, 2.75) is 44.2 Å². The molecule has 5 heteroatoms. The van der Waals surface area contributed by atoms with E-state index in [1.807, 2.05) is 35.2 Å². The zero-order valence-corrected chi connectivity index (χ0v) is 13.4. The summed E-state index contributed by atoms with van der Waals surface area (Å²) in [7, 11) is 0. The molecular formula is C18H24N2O3. The van der Waals surface area contributed by atoms with Crippen LogP contribution in [0.1, 0.15) is 43.7 Å². The summed E-state index contributed by atoms with van der Waals surface area (Å²) in [5.41, 5.74) is 1.02. The van der Waals surface area contributed by atoms with E-state index in [9.17, 15) is 9.59 Å². The molecule has 2 amide bonds. The van der Waals surface area contributed by atoms with Crippen LogP contribution in [0.4, 0.5) is 0 Å². The molecule has 3 rings (SSSR count). The summed E-state index contributed by atoms with van der Waals surface area (Å²) < 4.78 is 5.61. The van der Waals surface area contributed by atoms with Gasteiger partial charge in [0.2, 0.25) is 11.8 Å².